The van der Waals surface area contributed by atoms with Crippen molar-refractivity contribution in [2.24, 2.45) is 0 Å². The summed E-state index contributed by atoms with van der Waals surface area (Å²) >= 11 is 0. The lowest BCUT2D eigenvalue weighted by Crippen LogP contribution is -2.45. The number of carbonyl (C=O) groups excluding carboxylic acids is 2. The van der Waals surface area contributed by atoms with Gasteiger partial charge in [0, 0.05) is 18.2 Å². The molecule has 0 spiro atoms. The van der Waals surface area contributed by atoms with E-state index in [4.69, 9.17) is 4.74 Å². The molecule has 2 fully saturated rings. The van der Waals surface area contributed by atoms with Crippen molar-refractivity contribution in [3.8, 4) is 0 Å². The highest BCUT2D eigenvalue weighted by Crippen LogP contribution is 2.19. The lowest BCUT2D eigenvalue weighted by Gasteiger charge is -2.32. The Bertz CT molecular complexity index is 584. The topological polar surface area (TPSA) is 58.6 Å². The number of likely N-dealkylation sites (tertiary alicyclic amines) is 1. The Kier molecular flexibility index (Phi) is 5.33. The minimum Gasteiger partial charge on any atom is -0.444 e. The average Bonchev–Trinajstić information content (AvgIpc) is 3.08. The molecule has 1 saturated carbocycles. The number of carbonyl (C=O) groups is 2. The van der Waals surface area contributed by atoms with Crippen LogP contribution in [-0.2, 0) is 4.74 Å². The first kappa shape index (κ1) is 16.7. The van der Waals surface area contributed by atoms with Crippen molar-refractivity contribution in [2.45, 2.75) is 50.7 Å². The number of amides is 2. The summed E-state index contributed by atoms with van der Waals surface area (Å²) in [7, 11) is 0. The molecule has 1 heterocycles. The van der Waals surface area contributed by atoms with Crippen LogP contribution in [0, 0.1) is 5.82 Å². The molecule has 6 heteroatoms. The zero-order valence-electron chi connectivity index (χ0n) is 13.7. The largest absolute Gasteiger partial charge is 0.444 e. The zero-order chi connectivity index (χ0) is 16.9. The maximum atomic E-state index is 13.0. The van der Waals surface area contributed by atoms with E-state index < -0.39 is 0 Å². The third-order valence-electron chi connectivity index (χ3n) is 4.71. The summed E-state index contributed by atoms with van der Waals surface area (Å²) in [5.74, 6) is -0.519. The van der Waals surface area contributed by atoms with E-state index in [9.17, 15) is 14.0 Å². The summed E-state index contributed by atoms with van der Waals surface area (Å²) in [6, 6.07) is 5.74. The average molecular weight is 334 g/mol. The van der Waals surface area contributed by atoms with Gasteiger partial charge in [-0.1, -0.05) is 12.8 Å². The first-order chi connectivity index (χ1) is 11.6. The molecule has 1 N–H and O–H groups in total. The molecule has 0 unspecified atom stereocenters. The van der Waals surface area contributed by atoms with Gasteiger partial charge >= 0.3 is 6.09 Å². The Morgan fingerprint density at radius 2 is 1.79 bits per heavy atom. The van der Waals surface area contributed by atoms with E-state index in [2.05, 4.69) is 5.32 Å². The van der Waals surface area contributed by atoms with Crippen molar-refractivity contribution < 1.29 is 18.7 Å². The molecule has 24 heavy (non-hydrogen) atoms. The van der Waals surface area contributed by atoms with Crippen molar-refractivity contribution in [1.29, 1.82) is 0 Å². The fourth-order valence-corrected chi connectivity index (χ4v) is 3.42. The van der Waals surface area contributed by atoms with Gasteiger partial charge < -0.3 is 15.0 Å². The van der Waals surface area contributed by atoms with E-state index in [1.54, 1.807) is 4.90 Å². The Hall–Kier alpha value is -2.11. The minimum atomic E-state index is -0.386. The van der Waals surface area contributed by atoms with Gasteiger partial charge in [-0.2, -0.15) is 0 Å². The Morgan fingerprint density at radius 3 is 2.50 bits per heavy atom. The van der Waals surface area contributed by atoms with Crippen molar-refractivity contribution in [3.63, 3.8) is 0 Å². The van der Waals surface area contributed by atoms with Gasteiger partial charge in [-0.3, -0.25) is 4.79 Å². The van der Waals surface area contributed by atoms with Crippen LogP contribution < -0.4 is 5.32 Å². The van der Waals surface area contributed by atoms with E-state index in [-0.39, 0.29) is 30.0 Å². The maximum absolute atomic E-state index is 13.0. The first-order valence-corrected chi connectivity index (χ1v) is 8.64. The molecule has 1 saturated heterocycles. The Morgan fingerprint density at radius 1 is 1.08 bits per heavy atom. The quantitative estimate of drug-likeness (QED) is 0.924. The van der Waals surface area contributed by atoms with Crippen LogP contribution in [0.25, 0.3) is 0 Å². The Balaban J connectivity index is 1.52. The second-order valence-corrected chi connectivity index (χ2v) is 6.55. The van der Waals surface area contributed by atoms with E-state index in [1.165, 1.54) is 24.3 Å². The second kappa shape index (κ2) is 7.64. The van der Waals surface area contributed by atoms with E-state index in [0.717, 1.165) is 38.5 Å². The number of halogens is 1. The number of nitrogens with zero attached hydrogens (tertiary/aromatic N) is 1. The molecule has 0 aromatic heterocycles. The summed E-state index contributed by atoms with van der Waals surface area (Å²) in [4.78, 5) is 26.1. The minimum absolute atomic E-state index is 0.153. The monoisotopic (exact) mass is 334 g/mol. The Labute approximate surface area is 141 Å². The predicted octanol–water partition coefficient (Wildman–Crippen LogP) is 3.10. The molecule has 1 aromatic carbocycles. The maximum Gasteiger partial charge on any atom is 0.407 e. The number of hydrogen-bond acceptors (Lipinski definition) is 3. The molecule has 0 radical (unpaired) electrons. The third-order valence-corrected chi connectivity index (χ3v) is 4.71. The summed E-state index contributed by atoms with van der Waals surface area (Å²) in [6.45, 7) is 1.01. The van der Waals surface area contributed by atoms with Gasteiger partial charge in [0.2, 0.25) is 0 Å². The van der Waals surface area contributed by atoms with Crippen LogP contribution in [0.3, 0.4) is 0 Å². The number of piperidine rings is 1. The van der Waals surface area contributed by atoms with Crippen LogP contribution in [0.1, 0.15) is 48.9 Å². The molecule has 1 atom stereocenters. The van der Waals surface area contributed by atoms with Crippen LogP contribution >= 0.6 is 0 Å². The SMILES string of the molecule is O=C(NC1CCCC1)O[C@H]1CCCN(C(=O)c2ccc(F)cc2)C1. The predicted molar refractivity (Wildman–Crippen MR) is 87.2 cm³/mol. The van der Waals surface area contributed by atoms with Crippen LogP contribution in [0.4, 0.5) is 9.18 Å². The molecular weight excluding hydrogens is 311 g/mol. The lowest BCUT2D eigenvalue weighted by molar-refractivity contribution is 0.0334. The van der Waals surface area contributed by atoms with Gasteiger partial charge in [0.15, 0.2) is 0 Å². The van der Waals surface area contributed by atoms with E-state index >= 15 is 0 Å². The number of alkyl carbamates (subject to hydrolysis) is 1. The van der Waals surface area contributed by atoms with Gasteiger partial charge in [-0.25, -0.2) is 9.18 Å². The number of hydrogen-bond donors (Lipinski definition) is 1. The van der Waals surface area contributed by atoms with Crippen molar-refractivity contribution in [3.05, 3.63) is 35.6 Å². The molecule has 130 valence electrons. The molecular formula is C18H23FN2O3. The number of ether oxygens (including phenoxy) is 1. The summed E-state index contributed by atoms with van der Waals surface area (Å²) in [5, 5.41) is 2.90. The smallest absolute Gasteiger partial charge is 0.407 e. The van der Waals surface area contributed by atoms with Crippen LogP contribution in [0.2, 0.25) is 0 Å². The molecule has 2 amide bonds. The van der Waals surface area contributed by atoms with E-state index in [1.807, 2.05) is 0 Å². The van der Waals surface area contributed by atoms with Gasteiger partial charge in [0.05, 0.1) is 6.54 Å². The van der Waals surface area contributed by atoms with Gasteiger partial charge in [0.25, 0.3) is 5.91 Å². The van der Waals surface area contributed by atoms with Crippen molar-refractivity contribution in [2.75, 3.05) is 13.1 Å². The summed E-state index contributed by atoms with van der Waals surface area (Å²) in [5.41, 5.74) is 0.451. The number of nitrogens with one attached hydrogen (secondary N) is 1. The molecule has 3 rings (SSSR count). The highest BCUT2D eigenvalue weighted by molar-refractivity contribution is 5.94. The fourth-order valence-electron chi connectivity index (χ4n) is 3.42. The molecule has 2 aliphatic rings. The summed E-state index contributed by atoms with van der Waals surface area (Å²) in [6.07, 6.45) is 5.18. The molecule has 0 bridgehead atoms. The van der Waals surface area contributed by atoms with Crippen molar-refractivity contribution in [1.82, 2.24) is 10.2 Å². The molecule has 1 aliphatic carbocycles. The van der Waals surface area contributed by atoms with Gasteiger partial charge in [-0.15, -0.1) is 0 Å². The van der Waals surface area contributed by atoms with Gasteiger partial charge in [-0.05, 0) is 49.9 Å². The van der Waals surface area contributed by atoms with Gasteiger partial charge in [0.1, 0.15) is 11.9 Å². The number of rotatable bonds is 3. The standard InChI is InChI=1S/C18H23FN2O3/c19-14-9-7-13(8-10-14)17(22)21-11-3-6-16(12-21)24-18(23)20-15-4-1-2-5-15/h7-10,15-16H,1-6,11-12H2,(H,20,23)/t16-/m0/s1. The normalized spacial score (nSPS) is 21.5. The second-order valence-electron chi connectivity index (χ2n) is 6.55. The van der Waals surface area contributed by atoms with E-state index in [0.29, 0.717) is 18.7 Å². The molecule has 1 aromatic rings. The highest BCUT2D eigenvalue weighted by Gasteiger charge is 2.28. The zero-order valence-corrected chi connectivity index (χ0v) is 13.7. The highest BCUT2D eigenvalue weighted by atomic mass is 19.1. The third kappa shape index (κ3) is 4.24. The van der Waals surface area contributed by atoms with Crippen LogP contribution in [0.5, 0.6) is 0 Å². The summed E-state index contributed by atoms with van der Waals surface area (Å²) < 4.78 is 18.5. The van der Waals surface area contributed by atoms with Crippen LogP contribution in [0.15, 0.2) is 24.3 Å². The lowest BCUT2D eigenvalue weighted by atomic mass is 10.1. The molecule has 1 aliphatic heterocycles. The van der Waals surface area contributed by atoms with Crippen molar-refractivity contribution >= 4 is 12.0 Å². The fraction of sp³-hybridized carbons (Fsp3) is 0.556. The first-order valence-electron chi connectivity index (χ1n) is 8.64. The molecule has 5 nitrogen and oxygen atoms in total. The number of benzene rings is 1. The van der Waals surface area contributed by atoms with Crippen LogP contribution in [-0.4, -0.2) is 42.1 Å².